The maximum Gasteiger partial charge on any atom is 0.341 e. The van der Waals surface area contributed by atoms with Crippen molar-refractivity contribution in [2.45, 2.75) is 20.8 Å². The Labute approximate surface area is 223 Å². The number of aromatic nitrogens is 1. The van der Waals surface area contributed by atoms with Crippen molar-refractivity contribution in [1.82, 2.24) is 4.98 Å². The number of methoxy groups -OCH3 is 1. The van der Waals surface area contributed by atoms with Crippen LogP contribution in [0.15, 0.2) is 72.8 Å². The predicted octanol–water partition coefficient (Wildman–Crippen LogP) is 7.73. The average Bonchev–Trinajstić information content (AvgIpc) is 3.24. The summed E-state index contributed by atoms with van der Waals surface area (Å²) in [5.41, 5.74) is 6.53. The third-order valence-corrected chi connectivity index (χ3v) is 7.62. The Morgan fingerprint density at radius 1 is 0.895 bits per heavy atom. The number of para-hydroxylation sites is 1. The van der Waals surface area contributed by atoms with Crippen LogP contribution < -0.4 is 5.32 Å². The lowest BCUT2D eigenvalue weighted by atomic mass is 10.00. The molecule has 38 heavy (non-hydrogen) atoms. The summed E-state index contributed by atoms with van der Waals surface area (Å²) in [5.74, 6) is -1.33. The zero-order chi connectivity index (χ0) is 27.0. The van der Waals surface area contributed by atoms with Crippen LogP contribution in [0.4, 0.5) is 9.39 Å². The molecule has 0 unspecified atom stereocenters. The molecule has 2 aromatic heterocycles. The molecule has 0 aliphatic rings. The topological polar surface area (TPSA) is 68.3 Å². The van der Waals surface area contributed by atoms with Crippen LogP contribution in [0.3, 0.4) is 0 Å². The van der Waals surface area contributed by atoms with Crippen LogP contribution in [0.25, 0.3) is 33.3 Å². The average molecular weight is 525 g/mol. The second kappa shape index (κ2) is 10.2. The van der Waals surface area contributed by atoms with Gasteiger partial charge >= 0.3 is 5.97 Å². The smallest absolute Gasteiger partial charge is 0.341 e. The number of amides is 1. The van der Waals surface area contributed by atoms with Crippen LogP contribution in [-0.4, -0.2) is 24.0 Å². The molecule has 0 saturated heterocycles. The molecule has 5 rings (SSSR count). The minimum absolute atomic E-state index is 0.239. The van der Waals surface area contributed by atoms with Gasteiger partial charge in [-0.3, -0.25) is 4.79 Å². The van der Waals surface area contributed by atoms with Crippen LogP contribution in [0, 0.1) is 26.6 Å². The number of esters is 1. The molecule has 1 amide bonds. The summed E-state index contributed by atoms with van der Waals surface area (Å²) in [7, 11) is 1.29. The van der Waals surface area contributed by atoms with Crippen molar-refractivity contribution < 1.29 is 18.7 Å². The first-order valence-electron chi connectivity index (χ1n) is 12.0. The summed E-state index contributed by atoms with van der Waals surface area (Å²) in [6.07, 6.45) is 0. The number of aryl methyl sites for hydroxylation is 3. The fourth-order valence-corrected chi connectivity index (χ4v) is 5.54. The van der Waals surface area contributed by atoms with Gasteiger partial charge in [0.1, 0.15) is 16.4 Å². The summed E-state index contributed by atoms with van der Waals surface area (Å²) in [4.78, 5) is 32.3. The van der Waals surface area contributed by atoms with Crippen molar-refractivity contribution in [2.24, 2.45) is 0 Å². The summed E-state index contributed by atoms with van der Waals surface area (Å²) in [5, 5.41) is 4.02. The Balaban J connectivity index is 1.61. The van der Waals surface area contributed by atoms with Gasteiger partial charge in [0, 0.05) is 21.4 Å². The number of carbonyl (C=O) groups excluding carboxylic acids is 2. The van der Waals surface area contributed by atoms with Crippen molar-refractivity contribution in [3.05, 3.63) is 106 Å². The number of fused-ring (bicyclic) bond motifs is 1. The maximum atomic E-state index is 13.8. The van der Waals surface area contributed by atoms with Gasteiger partial charge in [0.25, 0.3) is 5.91 Å². The number of hydrogen-bond donors (Lipinski definition) is 1. The van der Waals surface area contributed by atoms with Crippen LogP contribution in [0.1, 0.15) is 36.7 Å². The predicted molar refractivity (Wildman–Crippen MR) is 150 cm³/mol. The fraction of sp³-hybridized carbons (Fsp3) is 0.129. The highest BCUT2D eigenvalue weighted by atomic mass is 32.1. The van der Waals surface area contributed by atoms with Gasteiger partial charge in [-0.2, -0.15) is 0 Å². The largest absolute Gasteiger partial charge is 0.465 e. The quantitative estimate of drug-likeness (QED) is 0.239. The number of halogens is 1. The molecule has 190 valence electrons. The Kier molecular flexibility index (Phi) is 6.78. The molecule has 7 heteroatoms. The second-order valence-electron chi connectivity index (χ2n) is 9.06. The number of ether oxygens (including phenoxy) is 1. The number of nitrogens with zero attached hydrogens (tertiary/aromatic N) is 1. The fourth-order valence-electron chi connectivity index (χ4n) is 4.48. The molecule has 5 nitrogen and oxygen atoms in total. The zero-order valence-corrected chi connectivity index (χ0v) is 22.2. The number of thiophene rings is 1. The van der Waals surface area contributed by atoms with E-state index in [4.69, 9.17) is 9.72 Å². The molecule has 2 heterocycles. The maximum absolute atomic E-state index is 13.8. The molecule has 0 bridgehead atoms. The molecule has 0 aliphatic heterocycles. The highest BCUT2D eigenvalue weighted by molar-refractivity contribution is 7.17. The molecule has 0 saturated carbocycles. The van der Waals surface area contributed by atoms with E-state index in [0.717, 1.165) is 16.0 Å². The first-order valence-corrected chi connectivity index (χ1v) is 12.8. The lowest BCUT2D eigenvalue weighted by molar-refractivity contribution is 0.0603. The SMILES string of the molecule is COC(=O)c1c(NC(=O)c2cc(-c3ccc(C)c(C)c3)nc3ccccc23)sc(C)c1-c1ccc(F)cc1. The Morgan fingerprint density at radius 2 is 1.61 bits per heavy atom. The van der Waals surface area contributed by atoms with Crippen LogP contribution in [-0.2, 0) is 4.74 Å². The number of rotatable bonds is 5. The van der Waals surface area contributed by atoms with Gasteiger partial charge < -0.3 is 10.1 Å². The van der Waals surface area contributed by atoms with Crippen molar-refractivity contribution >= 4 is 39.1 Å². The van der Waals surface area contributed by atoms with Gasteiger partial charge in [-0.25, -0.2) is 14.2 Å². The molecule has 0 fully saturated rings. The Bertz CT molecular complexity index is 1710. The Hall–Kier alpha value is -4.36. The van der Waals surface area contributed by atoms with E-state index in [1.54, 1.807) is 18.2 Å². The van der Waals surface area contributed by atoms with E-state index in [-0.39, 0.29) is 17.3 Å². The molecule has 5 aromatic rings. The van der Waals surface area contributed by atoms with E-state index in [1.165, 1.54) is 36.1 Å². The number of pyridine rings is 1. The van der Waals surface area contributed by atoms with Crippen LogP contribution >= 0.6 is 11.3 Å². The van der Waals surface area contributed by atoms with Gasteiger partial charge in [0.2, 0.25) is 0 Å². The van der Waals surface area contributed by atoms with Crippen molar-refractivity contribution in [2.75, 3.05) is 12.4 Å². The summed E-state index contributed by atoms with van der Waals surface area (Å²) in [6, 6.07) is 21.2. The van der Waals surface area contributed by atoms with Crippen molar-refractivity contribution in [3.63, 3.8) is 0 Å². The molecular formula is C31H25FN2O3S. The standard InChI is InChI=1S/C31H25FN2O3S/c1-17-9-10-21(15-18(17)2)26-16-24(23-7-5-6-8-25(23)33-26)29(35)34-30-28(31(36)37-4)27(19(3)38-30)20-11-13-22(32)14-12-20/h5-16H,1-4H3,(H,34,35). The first-order chi connectivity index (χ1) is 18.3. The lowest BCUT2D eigenvalue weighted by Crippen LogP contribution is -2.15. The molecule has 0 spiro atoms. The Morgan fingerprint density at radius 3 is 2.32 bits per heavy atom. The molecule has 1 N–H and O–H groups in total. The molecule has 3 aromatic carbocycles. The van der Waals surface area contributed by atoms with Crippen molar-refractivity contribution in [3.8, 4) is 22.4 Å². The number of hydrogen-bond acceptors (Lipinski definition) is 5. The van der Waals surface area contributed by atoms with Gasteiger partial charge in [0.15, 0.2) is 0 Å². The van der Waals surface area contributed by atoms with E-state index in [9.17, 15) is 14.0 Å². The monoisotopic (exact) mass is 524 g/mol. The molecule has 0 radical (unpaired) electrons. The van der Waals surface area contributed by atoms with Crippen LogP contribution in [0.5, 0.6) is 0 Å². The normalized spacial score (nSPS) is 11.0. The second-order valence-corrected chi connectivity index (χ2v) is 10.3. The third kappa shape index (κ3) is 4.68. The number of anilines is 1. The summed E-state index contributed by atoms with van der Waals surface area (Å²) in [6.45, 7) is 5.94. The molecule has 0 aliphatic carbocycles. The lowest BCUT2D eigenvalue weighted by Gasteiger charge is -2.12. The number of carbonyl (C=O) groups is 2. The van der Waals surface area contributed by atoms with E-state index in [1.807, 2.05) is 57.2 Å². The van der Waals surface area contributed by atoms with Gasteiger partial charge in [-0.1, -0.05) is 42.5 Å². The number of benzene rings is 3. The van der Waals surface area contributed by atoms with E-state index in [0.29, 0.717) is 38.3 Å². The van der Waals surface area contributed by atoms with Gasteiger partial charge in [0.05, 0.1) is 23.9 Å². The molecular weight excluding hydrogens is 499 g/mol. The minimum Gasteiger partial charge on any atom is -0.465 e. The first kappa shape index (κ1) is 25.3. The molecule has 0 atom stereocenters. The van der Waals surface area contributed by atoms with Gasteiger partial charge in [-0.15, -0.1) is 11.3 Å². The highest BCUT2D eigenvalue weighted by Gasteiger charge is 2.26. The number of nitrogens with one attached hydrogen (secondary N) is 1. The van der Waals surface area contributed by atoms with Gasteiger partial charge in [-0.05, 0) is 67.8 Å². The minimum atomic E-state index is -0.584. The zero-order valence-electron chi connectivity index (χ0n) is 21.4. The third-order valence-electron chi connectivity index (χ3n) is 6.60. The van der Waals surface area contributed by atoms with Crippen LogP contribution in [0.2, 0.25) is 0 Å². The highest BCUT2D eigenvalue weighted by Crippen LogP contribution is 2.41. The summed E-state index contributed by atoms with van der Waals surface area (Å²) < 4.78 is 18.6. The van der Waals surface area contributed by atoms with E-state index in [2.05, 4.69) is 11.4 Å². The van der Waals surface area contributed by atoms with E-state index >= 15 is 0 Å². The summed E-state index contributed by atoms with van der Waals surface area (Å²) >= 11 is 1.27. The van der Waals surface area contributed by atoms with E-state index < -0.39 is 5.97 Å². The van der Waals surface area contributed by atoms with Crippen molar-refractivity contribution in [1.29, 1.82) is 0 Å².